The van der Waals surface area contributed by atoms with Crippen molar-refractivity contribution in [1.29, 1.82) is 0 Å². The van der Waals surface area contributed by atoms with Crippen LogP contribution in [-0.4, -0.2) is 26.5 Å². The molecule has 0 aliphatic heterocycles. The zero-order chi connectivity index (χ0) is 17.8. The molecule has 0 aliphatic carbocycles. The predicted molar refractivity (Wildman–Crippen MR) is 100 cm³/mol. The maximum atomic E-state index is 12.2. The van der Waals surface area contributed by atoms with Gasteiger partial charge in [0, 0.05) is 24.2 Å². The number of aromatic nitrogens is 3. The van der Waals surface area contributed by atoms with Crippen molar-refractivity contribution < 1.29 is 9.59 Å². The number of hydrogen-bond acceptors (Lipinski definition) is 5. The van der Waals surface area contributed by atoms with Crippen molar-refractivity contribution in [3.05, 3.63) is 52.1 Å². The monoisotopic (exact) mass is 372 g/mol. The van der Waals surface area contributed by atoms with Gasteiger partial charge in [-0.1, -0.05) is 6.07 Å². The van der Waals surface area contributed by atoms with Crippen LogP contribution in [0.5, 0.6) is 0 Å². The third kappa shape index (κ3) is 4.09. The summed E-state index contributed by atoms with van der Waals surface area (Å²) in [5, 5.41) is 11.8. The van der Waals surface area contributed by atoms with Crippen LogP contribution in [0.25, 0.3) is 10.7 Å². The number of nitrogens with one attached hydrogen (secondary N) is 2. The predicted octanol–water partition coefficient (Wildman–Crippen LogP) is 3.90. The van der Waals surface area contributed by atoms with Crippen molar-refractivity contribution in [3.8, 4) is 10.7 Å². The van der Waals surface area contributed by atoms with Gasteiger partial charge in [-0.15, -0.1) is 11.3 Å². The molecule has 0 radical (unpaired) electrons. The number of carbonyl (C=O) groups excluding carboxylic acids is 2. The van der Waals surface area contributed by atoms with E-state index in [0.717, 1.165) is 10.7 Å². The van der Waals surface area contributed by atoms with Crippen LogP contribution in [-0.2, 0) is 11.3 Å². The van der Waals surface area contributed by atoms with Crippen LogP contribution in [0.2, 0.25) is 0 Å². The molecule has 0 fully saturated rings. The zero-order valence-corrected chi connectivity index (χ0v) is 15.1. The molecule has 2 heterocycles. The molecule has 0 atom stereocenters. The summed E-state index contributed by atoms with van der Waals surface area (Å²) in [6.07, 6.45) is 0.265. The summed E-state index contributed by atoms with van der Waals surface area (Å²) in [5.74, 6) is 0.600. The average Bonchev–Trinajstić information content (AvgIpc) is 3.23. The molecule has 0 saturated heterocycles. The second-order valence-electron chi connectivity index (χ2n) is 5.41. The Hall–Kier alpha value is -2.58. The highest BCUT2D eigenvalue weighted by Gasteiger charge is 2.11. The summed E-state index contributed by atoms with van der Waals surface area (Å²) in [5.41, 5.74) is 1.27. The number of nitrogens with zero attached hydrogens (tertiary/aromatic N) is 2. The van der Waals surface area contributed by atoms with Gasteiger partial charge in [-0.25, -0.2) is 0 Å². The lowest BCUT2D eigenvalue weighted by molar-refractivity contribution is -0.116. The lowest BCUT2D eigenvalue weighted by Gasteiger charge is -2.07. The minimum atomic E-state index is -0.129. The van der Waals surface area contributed by atoms with Gasteiger partial charge in [-0.2, -0.15) is 5.10 Å². The average molecular weight is 372 g/mol. The SMILES string of the molecule is CC(=O)c1ccc(NC(=O)CCn2c(-c3cccs3)n[nH]c2=S)cc1. The third-order valence-electron chi connectivity index (χ3n) is 3.64. The van der Waals surface area contributed by atoms with Crippen LogP contribution >= 0.6 is 23.6 Å². The molecule has 25 heavy (non-hydrogen) atoms. The molecule has 6 nitrogen and oxygen atoms in total. The summed E-state index contributed by atoms with van der Waals surface area (Å²) < 4.78 is 2.31. The second-order valence-corrected chi connectivity index (χ2v) is 6.75. The third-order valence-corrected chi connectivity index (χ3v) is 4.81. The Morgan fingerprint density at radius 3 is 2.68 bits per heavy atom. The number of thiophene rings is 1. The number of hydrogen-bond donors (Lipinski definition) is 2. The molecule has 3 aromatic rings. The summed E-state index contributed by atoms with van der Waals surface area (Å²) in [6.45, 7) is 1.94. The highest BCUT2D eigenvalue weighted by Crippen LogP contribution is 2.23. The summed E-state index contributed by atoms with van der Waals surface area (Å²) >= 11 is 6.82. The number of ketones is 1. The highest BCUT2D eigenvalue weighted by molar-refractivity contribution is 7.71. The van der Waals surface area contributed by atoms with Crippen LogP contribution in [0.3, 0.4) is 0 Å². The molecule has 0 bridgehead atoms. The molecule has 128 valence electrons. The van der Waals surface area contributed by atoms with Gasteiger partial charge in [0.05, 0.1) is 4.88 Å². The normalized spacial score (nSPS) is 10.6. The Balaban J connectivity index is 1.64. The first kappa shape index (κ1) is 17.2. The molecule has 3 rings (SSSR count). The van der Waals surface area contributed by atoms with Crippen molar-refractivity contribution in [1.82, 2.24) is 14.8 Å². The van der Waals surface area contributed by atoms with Crippen LogP contribution < -0.4 is 5.32 Å². The fourth-order valence-electron chi connectivity index (χ4n) is 2.34. The molecule has 2 aromatic heterocycles. The van der Waals surface area contributed by atoms with E-state index in [1.165, 1.54) is 6.92 Å². The first-order valence-corrected chi connectivity index (χ1v) is 8.93. The van der Waals surface area contributed by atoms with Crippen molar-refractivity contribution in [2.45, 2.75) is 19.9 Å². The molecule has 1 amide bonds. The van der Waals surface area contributed by atoms with Gasteiger partial charge in [0.2, 0.25) is 5.91 Å². The van der Waals surface area contributed by atoms with Crippen LogP contribution in [0.4, 0.5) is 5.69 Å². The first-order valence-electron chi connectivity index (χ1n) is 7.64. The second kappa shape index (κ2) is 7.54. The number of Topliss-reactive ketones (excluding diaryl/α,β-unsaturated/α-hetero) is 1. The van der Waals surface area contributed by atoms with Gasteiger partial charge in [0.25, 0.3) is 0 Å². The Labute approximate surface area is 153 Å². The van der Waals surface area contributed by atoms with E-state index in [9.17, 15) is 9.59 Å². The fraction of sp³-hybridized carbons (Fsp3) is 0.176. The van der Waals surface area contributed by atoms with E-state index in [-0.39, 0.29) is 18.1 Å². The molecule has 1 aromatic carbocycles. The van der Waals surface area contributed by atoms with E-state index in [1.807, 2.05) is 22.1 Å². The largest absolute Gasteiger partial charge is 0.326 e. The summed E-state index contributed by atoms with van der Waals surface area (Å²) in [7, 11) is 0. The summed E-state index contributed by atoms with van der Waals surface area (Å²) in [4.78, 5) is 24.4. The van der Waals surface area contributed by atoms with E-state index < -0.39 is 0 Å². The standard InChI is InChI=1S/C17H16N4O2S2/c1-11(22)12-4-6-13(7-5-12)18-15(23)8-9-21-16(19-20-17(21)24)14-3-2-10-25-14/h2-7,10H,8-9H2,1H3,(H,18,23)(H,20,24). The smallest absolute Gasteiger partial charge is 0.226 e. The fourth-order valence-corrected chi connectivity index (χ4v) is 3.29. The van der Waals surface area contributed by atoms with Gasteiger partial charge in [0.1, 0.15) is 0 Å². The lowest BCUT2D eigenvalue weighted by Crippen LogP contribution is -2.15. The van der Waals surface area contributed by atoms with Gasteiger partial charge < -0.3 is 5.32 Å². The van der Waals surface area contributed by atoms with Gasteiger partial charge >= 0.3 is 0 Å². The van der Waals surface area contributed by atoms with Gasteiger partial charge in [0.15, 0.2) is 16.4 Å². The molecule has 0 spiro atoms. The number of benzene rings is 1. The molecular weight excluding hydrogens is 356 g/mol. The van der Waals surface area contributed by atoms with Gasteiger partial charge in [-0.3, -0.25) is 19.3 Å². The Kier molecular flexibility index (Phi) is 5.20. The number of carbonyl (C=O) groups is 2. The van der Waals surface area contributed by atoms with Crippen LogP contribution in [0, 0.1) is 4.77 Å². The van der Waals surface area contributed by atoms with Crippen LogP contribution in [0.15, 0.2) is 41.8 Å². The van der Waals surface area contributed by atoms with Crippen LogP contribution in [0.1, 0.15) is 23.7 Å². The van der Waals surface area contributed by atoms with E-state index >= 15 is 0 Å². The van der Waals surface area contributed by atoms with Crippen molar-refractivity contribution >= 4 is 40.9 Å². The quantitative estimate of drug-likeness (QED) is 0.508. The maximum Gasteiger partial charge on any atom is 0.226 e. The topological polar surface area (TPSA) is 79.8 Å². The molecule has 0 unspecified atom stereocenters. The summed E-state index contributed by atoms with van der Waals surface area (Å²) in [6, 6.07) is 10.7. The molecule has 8 heteroatoms. The number of anilines is 1. The molecule has 2 N–H and O–H groups in total. The zero-order valence-electron chi connectivity index (χ0n) is 13.5. The van der Waals surface area contributed by atoms with E-state index in [0.29, 0.717) is 22.6 Å². The van der Waals surface area contributed by atoms with E-state index in [1.54, 1.807) is 35.6 Å². The number of rotatable bonds is 6. The molecule has 0 saturated carbocycles. The van der Waals surface area contributed by atoms with Crippen molar-refractivity contribution in [3.63, 3.8) is 0 Å². The Morgan fingerprint density at radius 2 is 2.04 bits per heavy atom. The van der Waals surface area contributed by atoms with Gasteiger partial charge in [-0.05, 0) is 54.9 Å². The van der Waals surface area contributed by atoms with Crippen molar-refractivity contribution in [2.24, 2.45) is 0 Å². The molecular formula is C17H16N4O2S2. The maximum absolute atomic E-state index is 12.2. The van der Waals surface area contributed by atoms with Crippen molar-refractivity contribution in [2.75, 3.05) is 5.32 Å². The minimum Gasteiger partial charge on any atom is -0.326 e. The lowest BCUT2D eigenvalue weighted by atomic mass is 10.1. The Morgan fingerprint density at radius 1 is 1.28 bits per heavy atom. The Bertz CT molecular complexity index is 940. The van der Waals surface area contributed by atoms with E-state index in [4.69, 9.17) is 12.2 Å². The first-order chi connectivity index (χ1) is 12.0. The highest BCUT2D eigenvalue weighted by atomic mass is 32.1. The minimum absolute atomic E-state index is 0.00619. The van der Waals surface area contributed by atoms with E-state index in [2.05, 4.69) is 15.5 Å². The number of aromatic amines is 1. The number of amides is 1. The molecule has 0 aliphatic rings. The number of H-pyrrole nitrogens is 1.